The number of aliphatic hydroxyl groups excluding tert-OH is 1. The van der Waals surface area contributed by atoms with Crippen LogP contribution in [0.1, 0.15) is 11.8 Å². The third-order valence-corrected chi connectivity index (χ3v) is 3.36. The number of quaternary nitrogens is 1. The van der Waals surface area contributed by atoms with Gasteiger partial charge in [0.2, 0.25) is 6.23 Å². The number of rotatable bonds is 3. The predicted molar refractivity (Wildman–Crippen MR) is 78.3 cm³/mol. The molecule has 0 spiro atoms. The van der Waals surface area contributed by atoms with Gasteiger partial charge in [0.05, 0.1) is 7.05 Å². The Bertz CT molecular complexity index is 511. The van der Waals surface area contributed by atoms with Gasteiger partial charge in [0.25, 0.3) is 0 Å². The number of hydroxylamine groups is 2. The van der Waals surface area contributed by atoms with E-state index in [1.807, 2.05) is 18.2 Å². The van der Waals surface area contributed by atoms with Gasteiger partial charge in [-0.1, -0.05) is 30.3 Å². The molecule has 0 saturated carbocycles. The van der Waals surface area contributed by atoms with Gasteiger partial charge in [-0.15, -0.1) is 9.24 Å². The first-order valence-electron chi connectivity index (χ1n) is 5.68. The number of hydrogen-bond acceptors (Lipinski definition) is 2. The molecule has 3 nitrogen and oxygen atoms in total. The summed E-state index contributed by atoms with van der Waals surface area (Å²) in [6.07, 6.45) is -1.13. The predicted octanol–water partition coefficient (Wildman–Crippen LogP) is 2.31. The molecule has 2 rings (SSSR count). The molecule has 3 unspecified atom stereocenters. The van der Waals surface area contributed by atoms with Crippen LogP contribution in [0.4, 0.5) is 5.69 Å². The molecule has 0 aliphatic carbocycles. The Labute approximate surface area is 109 Å². The number of hydrogen-bond donors (Lipinski definition) is 1. The van der Waals surface area contributed by atoms with Crippen LogP contribution in [0.5, 0.6) is 0 Å². The SMILES string of the molecule is C[N+]([O-])(c1ccccc1)C(O)c1ccc(P)cc1. The minimum atomic E-state index is -1.13. The second-order valence-corrected chi connectivity index (χ2v) is 5.03. The third-order valence-electron chi connectivity index (χ3n) is 2.97. The van der Waals surface area contributed by atoms with Crippen LogP contribution in [0.15, 0.2) is 54.6 Å². The van der Waals surface area contributed by atoms with Crippen LogP contribution in [0.25, 0.3) is 0 Å². The number of nitrogens with zero attached hydrogens (tertiary/aromatic N) is 1. The number of para-hydroxylation sites is 1. The first-order valence-corrected chi connectivity index (χ1v) is 6.26. The molecule has 0 fully saturated rings. The first-order chi connectivity index (χ1) is 8.51. The highest BCUT2D eigenvalue weighted by Crippen LogP contribution is 2.30. The minimum absolute atomic E-state index is 0.528. The summed E-state index contributed by atoms with van der Waals surface area (Å²) in [5.41, 5.74) is 1.14. The van der Waals surface area contributed by atoms with Crippen molar-refractivity contribution in [3.8, 4) is 0 Å². The molecular weight excluding hydrogens is 245 g/mol. The van der Waals surface area contributed by atoms with Gasteiger partial charge in [0, 0.05) is 5.56 Å². The van der Waals surface area contributed by atoms with E-state index in [0.29, 0.717) is 11.3 Å². The Morgan fingerprint density at radius 2 is 1.61 bits per heavy atom. The second-order valence-electron chi connectivity index (χ2n) is 4.37. The van der Waals surface area contributed by atoms with Gasteiger partial charge in [-0.2, -0.15) is 0 Å². The first kappa shape index (κ1) is 13.2. The van der Waals surface area contributed by atoms with Crippen LogP contribution in [0, 0.1) is 5.21 Å². The maximum atomic E-state index is 12.6. The summed E-state index contributed by atoms with van der Waals surface area (Å²) in [7, 11) is 4.03. The summed E-state index contributed by atoms with van der Waals surface area (Å²) < 4.78 is -0.836. The molecule has 0 heterocycles. The van der Waals surface area contributed by atoms with Crippen molar-refractivity contribution in [2.24, 2.45) is 0 Å². The highest BCUT2D eigenvalue weighted by Gasteiger charge is 2.26. The average molecular weight is 261 g/mol. The van der Waals surface area contributed by atoms with E-state index in [1.54, 1.807) is 36.4 Å². The van der Waals surface area contributed by atoms with Crippen molar-refractivity contribution in [3.05, 3.63) is 65.4 Å². The van der Waals surface area contributed by atoms with Gasteiger partial charge >= 0.3 is 0 Å². The van der Waals surface area contributed by atoms with Crippen LogP contribution >= 0.6 is 9.24 Å². The van der Waals surface area contributed by atoms with E-state index in [2.05, 4.69) is 9.24 Å². The standard InChI is InChI=1S/C14H16NO2P/c1-15(17,12-5-3-2-4-6-12)14(16)11-7-9-13(18)10-8-11/h2-10,14,16H,18H2,1H3. The number of benzene rings is 2. The number of aliphatic hydroxyl groups is 1. The van der Waals surface area contributed by atoms with Crippen molar-refractivity contribution in [3.63, 3.8) is 0 Å². The van der Waals surface area contributed by atoms with E-state index in [-0.39, 0.29) is 0 Å². The summed E-state index contributed by atoms with van der Waals surface area (Å²) in [4.78, 5) is 0. The summed E-state index contributed by atoms with van der Waals surface area (Å²) in [5, 5.41) is 23.8. The lowest BCUT2D eigenvalue weighted by Gasteiger charge is -2.41. The monoisotopic (exact) mass is 261 g/mol. The van der Waals surface area contributed by atoms with Crippen molar-refractivity contribution >= 4 is 20.2 Å². The molecule has 1 N–H and O–H groups in total. The normalized spacial score (nSPS) is 16.0. The molecule has 0 aliphatic heterocycles. The fourth-order valence-corrected chi connectivity index (χ4v) is 2.01. The van der Waals surface area contributed by atoms with Crippen LogP contribution in [-0.4, -0.2) is 12.2 Å². The molecule has 3 atom stereocenters. The Kier molecular flexibility index (Phi) is 3.79. The molecule has 0 aliphatic rings. The maximum Gasteiger partial charge on any atom is 0.221 e. The quantitative estimate of drug-likeness (QED) is 0.399. The molecule has 2 aromatic rings. The summed E-state index contributed by atoms with van der Waals surface area (Å²) >= 11 is 0. The van der Waals surface area contributed by atoms with Crippen LogP contribution in [0.3, 0.4) is 0 Å². The fourth-order valence-electron chi connectivity index (χ4n) is 1.82. The summed E-state index contributed by atoms with van der Waals surface area (Å²) in [5.74, 6) is 0. The van der Waals surface area contributed by atoms with E-state index in [4.69, 9.17) is 0 Å². The Hall–Kier alpha value is -1.25. The van der Waals surface area contributed by atoms with Gasteiger partial charge in [-0.05, 0) is 29.6 Å². The van der Waals surface area contributed by atoms with Crippen LogP contribution in [0.2, 0.25) is 0 Å². The topological polar surface area (TPSA) is 43.3 Å². The molecule has 18 heavy (non-hydrogen) atoms. The van der Waals surface area contributed by atoms with Crippen molar-refractivity contribution in [2.75, 3.05) is 7.05 Å². The van der Waals surface area contributed by atoms with Crippen molar-refractivity contribution in [1.29, 1.82) is 0 Å². The van der Waals surface area contributed by atoms with E-state index < -0.39 is 10.9 Å². The molecule has 0 aromatic heterocycles. The maximum absolute atomic E-state index is 12.6. The molecule has 0 amide bonds. The van der Waals surface area contributed by atoms with E-state index in [0.717, 1.165) is 5.30 Å². The van der Waals surface area contributed by atoms with E-state index >= 15 is 0 Å². The zero-order valence-corrected chi connectivity index (χ0v) is 11.3. The molecule has 2 aromatic carbocycles. The van der Waals surface area contributed by atoms with Gasteiger partial charge < -0.3 is 15.0 Å². The van der Waals surface area contributed by atoms with Gasteiger partial charge in [0.1, 0.15) is 5.69 Å². The molecule has 0 bridgehead atoms. The van der Waals surface area contributed by atoms with Crippen molar-refractivity contribution in [2.45, 2.75) is 6.23 Å². The van der Waals surface area contributed by atoms with E-state index in [1.165, 1.54) is 7.05 Å². The molecule has 94 valence electrons. The van der Waals surface area contributed by atoms with Crippen LogP contribution < -0.4 is 9.95 Å². The fraction of sp³-hybridized carbons (Fsp3) is 0.143. The Morgan fingerprint density at radius 1 is 1.06 bits per heavy atom. The zero-order chi connectivity index (χ0) is 13.2. The largest absolute Gasteiger partial charge is 0.625 e. The molecule has 0 saturated heterocycles. The van der Waals surface area contributed by atoms with Gasteiger partial charge in [0.15, 0.2) is 0 Å². The molecule has 0 radical (unpaired) electrons. The van der Waals surface area contributed by atoms with Crippen molar-refractivity contribution < 1.29 is 5.11 Å². The Balaban J connectivity index is 2.32. The van der Waals surface area contributed by atoms with Gasteiger partial charge in [-0.25, -0.2) is 0 Å². The average Bonchev–Trinajstić information content (AvgIpc) is 2.40. The third kappa shape index (κ3) is 2.60. The summed E-state index contributed by atoms with van der Waals surface area (Å²) in [6.45, 7) is 0. The zero-order valence-electron chi connectivity index (χ0n) is 10.2. The lowest BCUT2D eigenvalue weighted by Crippen LogP contribution is -2.42. The lowest BCUT2D eigenvalue weighted by molar-refractivity contribution is 0.0578. The van der Waals surface area contributed by atoms with Gasteiger partial charge in [-0.3, -0.25) is 0 Å². The van der Waals surface area contributed by atoms with E-state index in [9.17, 15) is 10.3 Å². The van der Waals surface area contributed by atoms with Crippen molar-refractivity contribution in [1.82, 2.24) is 4.65 Å². The highest BCUT2D eigenvalue weighted by atomic mass is 31.0. The highest BCUT2D eigenvalue weighted by molar-refractivity contribution is 7.27. The Morgan fingerprint density at radius 3 is 2.17 bits per heavy atom. The lowest BCUT2D eigenvalue weighted by atomic mass is 10.1. The smallest absolute Gasteiger partial charge is 0.221 e. The summed E-state index contributed by atoms with van der Waals surface area (Å²) in [6, 6.07) is 16.1. The second kappa shape index (κ2) is 5.17. The van der Waals surface area contributed by atoms with Crippen LogP contribution in [-0.2, 0) is 0 Å². The molecule has 4 heteroatoms. The minimum Gasteiger partial charge on any atom is -0.625 e. The molecular formula is C14H16NO2P.